The average molecular weight is 536 g/mol. The van der Waals surface area contributed by atoms with Crippen LogP contribution in [0, 0.1) is 13.8 Å². The van der Waals surface area contributed by atoms with E-state index in [0.717, 1.165) is 42.8 Å². The number of ketones is 1. The van der Waals surface area contributed by atoms with E-state index in [9.17, 15) is 13.6 Å². The van der Waals surface area contributed by atoms with Crippen LogP contribution in [0.15, 0.2) is 78.1 Å². The number of halogens is 2. The number of rotatable bonds is 8. The fourth-order valence-corrected chi connectivity index (χ4v) is 6.33. The molecule has 0 aliphatic carbocycles. The Balaban J connectivity index is 1.39. The largest absolute Gasteiger partial charge is 0.435 e. The molecule has 5 aromatic rings. The molecule has 2 aromatic carbocycles. The van der Waals surface area contributed by atoms with Crippen LogP contribution in [0.1, 0.15) is 28.7 Å². The summed E-state index contributed by atoms with van der Waals surface area (Å²) >= 11 is 3.02. The summed E-state index contributed by atoms with van der Waals surface area (Å²) in [6, 6.07) is 20.4. The van der Waals surface area contributed by atoms with Crippen molar-refractivity contribution in [2.24, 2.45) is 0 Å². The Hall–Kier alpha value is -3.56. The van der Waals surface area contributed by atoms with Gasteiger partial charge in [0.05, 0.1) is 5.25 Å². The maximum Gasteiger partial charge on any atom is 0.387 e. The van der Waals surface area contributed by atoms with Crippen molar-refractivity contribution in [2.75, 3.05) is 0 Å². The van der Waals surface area contributed by atoms with Crippen LogP contribution in [-0.4, -0.2) is 32.2 Å². The lowest BCUT2D eigenvalue weighted by atomic mass is 10.1. The number of hydrogen-bond acceptors (Lipinski definition) is 6. The molecule has 0 bridgehead atoms. The smallest absolute Gasteiger partial charge is 0.387 e. The van der Waals surface area contributed by atoms with Gasteiger partial charge in [-0.05, 0) is 62.7 Å². The maximum atomic E-state index is 13.5. The van der Waals surface area contributed by atoms with E-state index in [1.54, 1.807) is 29.8 Å². The number of Topliss-reactive ketones (excluding diaryl/α,β-unsaturated/α-hetero) is 1. The number of benzene rings is 2. The third-order valence-electron chi connectivity index (χ3n) is 6.03. The third kappa shape index (κ3) is 5.14. The predicted molar refractivity (Wildman–Crippen MR) is 144 cm³/mol. The Labute approximate surface area is 221 Å². The van der Waals surface area contributed by atoms with E-state index in [-0.39, 0.29) is 16.8 Å². The first-order valence-corrected chi connectivity index (χ1v) is 13.3. The molecule has 188 valence electrons. The van der Waals surface area contributed by atoms with Crippen molar-refractivity contribution in [3.05, 3.63) is 90.0 Å². The van der Waals surface area contributed by atoms with Crippen LogP contribution in [0.5, 0.6) is 5.75 Å². The summed E-state index contributed by atoms with van der Waals surface area (Å²) in [4.78, 5) is 24.4. The number of hydrogen-bond donors (Lipinski definition) is 0. The molecule has 0 unspecified atom stereocenters. The Kier molecular flexibility index (Phi) is 7.08. The summed E-state index contributed by atoms with van der Waals surface area (Å²) in [6.45, 7) is 2.80. The lowest BCUT2D eigenvalue weighted by molar-refractivity contribution is -0.0498. The van der Waals surface area contributed by atoms with Crippen LogP contribution in [0.3, 0.4) is 0 Å². The molecule has 0 saturated heterocycles. The normalized spacial score (nSPS) is 12.3. The van der Waals surface area contributed by atoms with Gasteiger partial charge in [0, 0.05) is 32.9 Å². The molecule has 0 amide bonds. The second kappa shape index (κ2) is 10.4. The molecular weight excluding hydrogens is 512 g/mol. The SMILES string of the molecule is Cc1cc(C(=O)[C@H](C)Sc2ncnc3sc(-c4ccccc4)cc23)c(C)n1-c1ccc(OC(F)F)cc1. The first-order chi connectivity index (χ1) is 17.8. The van der Waals surface area contributed by atoms with E-state index >= 15 is 0 Å². The quantitative estimate of drug-likeness (QED) is 0.116. The number of alkyl halides is 2. The van der Waals surface area contributed by atoms with Gasteiger partial charge in [0.25, 0.3) is 0 Å². The molecule has 1 atom stereocenters. The highest BCUT2D eigenvalue weighted by Gasteiger charge is 2.24. The van der Waals surface area contributed by atoms with Gasteiger partial charge >= 0.3 is 6.61 Å². The lowest BCUT2D eigenvalue weighted by Crippen LogP contribution is -2.15. The molecule has 0 aliphatic heterocycles. The first-order valence-electron chi connectivity index (χ1n) is 11.6. The van der Waals surface area contributed by atoms with Crippen molar-refractivity contribution in [1.29, 1.82) is 0 Å². The minimum Gasteiger partial charge on any atom is -0.435 e. The van der Waals surface area contributed by atoms with Gasteiger partial charge in [0.15, 0.2) is 5.78 Å². The van der Waals surface area contributed by atoms with Gasteiger partial charge in [-0.25, -0.2) is 9.97 Å². The monoisotopic (exact) mass is 535 g/mol. The lowest BCUT2D eigenvalue weighted by Gasteiger charge is -2.13. The minimum atomic E-state index is -2.88. The molecule has 0 aliphatic rings. The van der Waals surface area contributed by atoms with Gasteiger partial charge in [-0.15, -0.1) is 11.3 Å². The van der Waals surface area contributed by atoms with Gasteiger partial charge in [-0.3, -0.25) is 4.79 Å². The molecule has 0 fully saturated rings. The van der Waals surface area contributed by atoms with Crippen LogP contribution in [0.2, 0.25) is 0 Å². The second-order valence-corrected chi connectivity index (χ2v) is 10.9. The second-order valence-electron chi connectivity index (χ2n) is 8.49. The van der Waals surface area contributed by atoms with Crippen LogP contribution < -0.4 is 4.74 Å². The topological polar surface area (TPSA) is 57.0 Å². The maximum absolute atomic E-state index is 13.5. The summed E-state index contributed by atoms with van der Waals surface area (Å²) in [6.07, 6.45) is 1.54. The Morgan fingerprint density at radius 2 is 1.76 bits per heavy atom. The fourth-order valence-electron chi connectivity index (χ4n) is 4.30. The molecule has 3 heterocycles. The molecule has 5 rings (SSSR count). The summed E-state index contributed by atoms with van der Waals surface area (Å²) in [7, 11) is 0. The van der Waals surface area contributed by atoms with Crippen molar-refractivity contribution < 1.29 is 18.3 Å². The van der Waals surface area contributed by atoms with Crippen molar-refractivity contribution in [3.63, 3.8) is 0 Å². The molecule has 3 aromatic heterocycles. The number of ether oxygens (including phenoxy) is 1. The predicted octanol–water partition coefficient (Wildman–Crippen LogP) is 7.73. The third-order valence-corrected chi connectivity index (χ3v) is 8.23. The van der Waals surface area contributed by atoms with Gasteiger partial charge in [-0.1, -0.05) is 42.1 Å². The highest BCUT2D eigenvalue weighted by molar-refractivity contribution is 8.00. The Morgan fingerprint density at radius 1 is 1.03 bits per heavy atom. The molecule has 0 N–H and O–H groups in total. The number of aryl methyl sites for hydroxylation is 1. The molecule has 5 nitrogen and oxygen atoms in total. The first kappa shape index (κ1) is 25.1. The number of thiophene rings is 1. The number of thioether (sulfide) groups is 1. The highest BCUT2D eigenvalue weighted by atomic mass is 32.2. The number of carbonyl (C=O) groups excluding carboxylic acids is 1. The van der Waals surface area contributed by atoms with E-state index in [0.29, 0.717) is 5.56 Å². The molecule has 9 heteroatoms. The molecule has 37 heavy (non-hydrogen) atoms. The van der Waals surface area contributed by atoms with Crippen molar-refractivity contribution in [1.82, 2.24) is 14.5 Å². The highest BCUT2D eigenvalue weighted by Crippen LogP contribution is 2.38. The molecule has 0 radical (unpaired) electrons. The van der Waals surface area contributed by atoms with E-state index in [1.807, 2.05) is 49.6 Å². The van der Waals surface area contributed by atoms with Crippen LogP contribution in [-0.2, 0) is 0 Å². The van der Waals surface area contributed by atoms with Gasteiger partial charge in [0.1, 0.15) is 21.9 Å². The fraction of sp³-hybridized carbons (Fsp3) is 0.179. The van der Waals surface area contributed by atoms with Crippen LogP contribution in [0.4, 0.5) is 8.78 Å². The van der Waals surface area contributed by atoms with Crippen molar-refractivity contribution in [2.45, 2.75) is 37.7 Å². The molecular formula is C28H23F2N3O2S2. The summed E-state index contributed by atoms with van der Waals surface area (Å²) in [5.41, 5.74) is 4.15. The molecule has 0 saturated carbocycles. The van der Waals surface area contributed by atoms with E-state index < -0.39 is 6.61 Å². The van der Waals surface area contributed by atoms with Crippen LogP contribution >= 0.6 is 23.1 Å². The van der Waals surface area contributed by atoms with E-state index in [1.165, 1.54) is 23.9 Å². The van der Waals surface area contributed by atoms with E-state index in [4.69, 9.17) is 0 Å². The summed E-state index contributed by atoms with van der Waals surface area (Å²) in [5, 5.41) is 1.33. The zero-order valence-corrected chi connectivity index (χ0v) is 21.9. The molecule has 0 spiro atoms. The van der Waals surface area contributed by atoms with Gasteiger partial charge in [0.2, 0.25) is 0 Å². The summed E-state index contributed by atoms with van der Waals surface area (Å²) in [5.74, 6) is 0.0785. The Morgan fingerprint density at radius 3 is 2.46 bits per heavy atom. The number of carbonyl (C=O) groups is 1. The van der Waals surface area contributed by atoms with E-state index in [2.05, 4.69) is 32.9 Å². The zero-order chi connectivity index (χ0) is 26.1. The summed E-state index contributed by atoms with van der Waals surface area (Å²) < 4.78 is 31.4. The van der Waals surface area contributed by atoms with Crippen molar-refractivity contribution >= 4 is 39.1 Å². The average Bonchev–Trinajstić information content (AvgIpc) is 3.46. The number of aromatic nitrogens is 3. The Bertz CT molecular complexity index is 1560. The van der Waals surface area contributed by atoms with Crippen molar-refractivity contribution in [3.8, 4) is 21.9 Å². The number of fused-ring (bicyclic) bond motifs is 1. The number of nitrogens with zero attached hydrogens (tertiary/aromatic N) is 3. The van der Waals surface area contributed by atoms with Gasteiger partial charge in [-0.2, -0.15) is 8.78 Å². The van der Waals surface area contributed by atoms with Gasteiger partial charge < -0.3 is 9.30 Å². The standard InChI is InChI=1S/C28H23F2N3O2S2/c1-16-13-22(17(2)33(16)20-9-11-21(12-10-20)35-28(29)30)25(34)18(3)36-26-23-14-24(19-7-5-4-6-8-19)37-27(23)32-15-31-26/h4-15,18,28H,1-3H3/t18-/m0/s1. The van der Waals surface area contributed by atoms with Crippen LogP contribution in [0.25, 0.3) is 26.3 Å². The zero-order valence-electron chi connectivity index (χ0n) is 20.3. The minimum absolute atomic E-state index is 0.00715.